The lowest BCUT2D eigenvalue weighted by molar-refractivity contribution is 0.0734. The topological polar surface area (TPSA) is 81.4 Å². The highest BCUT2D eigenvalue weighted by atomic mass is 35.5. The Hall–Kier alpha value is -3.90. The maximum absolute atomic E-state index is 13.1. The molecule has 1 atom stereocenters. The van der Waals surface area contributed by atoms with Crippen molar-refractivity contribution in [1.82, 2.24) is 9.55 Å². The minimum absolute atomic E-state index is 0.0803. The third kappa shape index (κ3) is 5.35. The SMILES string of the molecule is CC(CCc1cc(OC(=O)c2ccc(Cl)cc2)ccc1O)C(=O)c1nccn1-c1ccccc1. The Kier molecular flexibility index (Phi) is 7.09. The zero-order chi connectivity index (χ0) is 24.1. The number of aromatic hydroxyl groups is 1. The molecule has 0 aliphatic heterocycles. The van der Waals surface area contributed by atoms with Crippen molar-refractivity contribution in [2.45, 2.75) is 19.8 Å². The summed E-state index contributed by atoms with van der Waals surface area (Å²) in [6.07, 6.45) is 4.29. The van der Waals surface area contributed by atoms with Gasteiger partial charge in [0, 0.05) is 29.0 Å². The molecule has 0 bridgehead atoms. The highest BCUT2D eigenvalue weighted by Gasteiger charge is 2.21. The average molecular weight is 475 g/mol. The van der Waals surface area contributed by atoms with Crippen LogP contribution in [0.3, 0.4) is 0 Å². The number of para-hydroxylation sites is 1. The second-order valence-corrected chi connectivity index (χ2v) is 8.38. The van der Waals surface area contributed by atoms with E-state index in [0.29, 0.717) is 40.6 Å². The van der Waals surface area contributed by atoms with Crippen LogP contribution in [0.15, 0.2) is 85.2 Å². The number of phenolic OH excluding ortho intramolecular Hbond substituents is 1. The molecule has 1 N–H and O–H groups in total. The molecule has 0 aliphatic carbocycles. The molecule has 0 fully saturated rings. The van der Waals surface area contributed by atoms with E-state index in [-0.39, 0.29) is 17.5 Å². The number of carbonyl (C=O) groups is 2. The number of aromatic nitrogens is 2. The van der Waals surface area contributed by atoms with Crippen LogP contribution in [-0.4, -0.2) is 26.4 Å². The molecule has 6 nitrogen and oxygen atoms in total. The highest BCUT2D eigenvalue weighted by Crippen LogP contribution is 2.27. The molecular weight excluding hydrogens is 452 g/mol. The first-order valence-electron chi connectivity index (χ1n) is 10.8. The molecule has 0 spiro atoms. The second kappa shape index (κ2) is 10.4. The zero-order valence-electron chi connectivity index (χ0n) is 18.5. The molecule has 3 aromatic carbocycles. The van der Waals surface area contributed by atoms with E-state index in [1.165, 1.54) is 12.1 Å². The van der Waals surface area contributed by atoms with Gasteiger partial charge in [-0.05, 0) is 73.0 Å². The largest absolute Gasteiger partial charge is 0.508 e. The second-order valence-electron chi connectivity index (χ2n) is 7.95. The summed E-state index contributed by atoms with van der Waals surface area (Å²) >= 11 is 5.86. The zero-order valence-corrected chi connectivity index (χ0v) is 19.3. The lowest BCUT2D eigenvalue weighted by Gasteiger charge is -2.13. The third-order valence-corrected chi connectivity index (χ3v) is 5.78. The van der Waals surface area contributed by atoms with Crippen LogP contribution in [0, 0.1) is 5.92 Å². The van der Waals surface area contributed by atoms with Crippen molar-refractivity contribution >= 4 is 23.4 Å². The number of hydrogen-bond acceptors (Lipinski definition) is 5. The maximum Gasteiger partial charge on any atom is 0.343 e. The lowest BCUT2D eigenvalue weighted by Crippen LogP contribution is -2.17. The summed E-state index contributed by atoms with van der Waals surface area (Å²) in [6, 6.07) is 20.6. The van der Waals surface area contributed by atoms with Crippen LogP contribution in [0.2, 0.25) is 5.02 Å². The van der Waals surface area contributed by atoms with Gasteiger partial charge in [0.2, 0.25) is 5.78 Å². The first-order valence-corrected chi connectivity index (χ1v) is 11.2. The number of esters is 1. The monoisotopic (exact) mass is 474 g/mol. The Morgan fingerprint density at radius 3 is 2.53 bits per heavy atom. The van der Waals surface area contributed by atoms with Crippen molar-refractivity contribution in [2.24, 2.45) is 5.92 Å². The Morgan fingerprint density at radius 2 is 1.79 bits per heavy atom. The van der Waals surface area contributed by atoms with Crippen LogP contribution in [-0.2, 0) is 6.42 Å². The summed E-state index contributed by atoms with van der Waals surface area (Å²) in [7, 11) is 0. The number of Topliss-reactive ketones (excluding diaryl/α,β-unsaturated/α-hetero) is 1. The number of imidazole rings is 1. The van der Waals surface area contributed by atoms with E-state index in [2.05, 4.69) is 4.98 Å². The van der Waals surface area contributed by atoms with Gasteiger partial charge < -0.3 is 9.84 Å². The molecule has 1 aromatic heterocycles. The molecule has 0 saturated carbocycles. The quantitative estimate of drug-likeness (QED) is 0.195. The Balaban J connectivity index is 1.42. The molecular formula is C27H23ClN2O4. The highest BCUT2D eigenvalue weighted by molar-refractivity contribution is 6.30. The molecule has 0 amide bonds. The summed E-state index contributed by atoms with van der Waals surface area (Å²) in [5.41, 5.74) is 1.82. The van der Waals surface area contributed by atoms with E-state index in [0.717, 1.165) is 5.69 Å². The molecule has 34 heavy (non-hydrogen) atoms. The molecule has 0 radical (unpaired) electrons. The van der Waals surface area contributed by atoms with Crippen LogP contribution < -0.4 is 4.74 Å². The van der Waals surface area contributed by atoms with Gasteiger partial charge >= 0.3 is 5.97 Å². The average Bonchev–Trinajstić information content (AvgIpc) is 3.34. The molecule has 0 aliphatic rings. The number of carbonyl (C=O) groups excluding carboxylic acids is 2. The van der Waals surface area contributed by atoms with Crippen LogP contribution in [0.5, 0.6) is 11.5 Å². The fraction of sp³-hybridized carbons (Fsp3) is 0.148. The number of hydrogen-bond donors (Lipinski definition) is 1. The number of rotatable bonds is 8. The summed E-state index contributed by atoms with van der Waals surface area (Å²) in [5.74, 6) is -0.176. The number of aryl methyl sites for hydroxylation is 1. The van der Waals surface area contributed by atoms with E-state index in [1.54, 1.807) is 47.3 Å². The first kappa shape index (κ1) is 23.3. The lowest BCUT2D eigenvalue weighted by atomic mass is 9.96. The van der Waals surface area contributed by atoms with Crippen molar-refractivity contribution in [3.8, 4) is 17.2 Å². The summed E-state index contributed by atoms with van der Waals surface area (Å²) < 4.78 is 7.21. The third-order valence-electron chi connectivity index (χ3n) is 5.53. The van der Waals surface area contributed by atoms with Crippen molar-refractivity contribution in [2.75, 3.05) is 0 Å². The van der Waals surface area contributed by atoms with Gasteiger partial charge in [0.15, 0.2) is 5.82 Å². The predicted molar refractivity (Wildman–Crippen MR) is 130 cm³/mol. The number of phenols is 1. The molecule has 4 rings (SSSR count). The fourth-order valence-corrected chi connectivity index (χ4v) is 3.71. The number of benzene rings is 3. The predicted octanol–water partition coefficient (Wildman–Crippen LogP) is 5.90. The summed E-state index contributed by atoms with van der Waals surface area (Å²) in [6.45, 7) is 1.84. The van der Waals surface area contributed by atoms with Gasteiger partial charge in [0.1, 0.15) is 11.5 Å². The van der Waals surface area contributed by atoms with E-state index in [9.17, 15) is 14.7 Å². The van der Waals surface area contributed by atoms with Crippen molar-refractivity contribution in [3.05, 3.63) is 107 Å². The number of nitrogens with zero attached hydrogens (tertiary/aromatic N) is 2. The Morgan fingerprint density at radius 1 is 1.06 bits per heavy atom. The minimum Gasteiger partial charge on any atom is -0.508 e. The van der Waals surface area contributed by atoms with Gasteiger partial charge in [-0.2, -0.15) is 0 Å². The van der Waals surface area contributed by atoms with Gasteiger partial charge in [-0.25, -0.2) is 9.78 Å². The van der Waals surface area contributed by atoms with Gasteiger partial charge in [-0.1, -0.05) is 36.7 Å². The number of ether oxygens (including phenoxy) is 1. The Labute approximate surface area is 202 Å². The van der Waals surface area contributed by atoms with E-state index in [4.69, 9.17) is 16.3 Å². The summed E-state index contributed by atoms with van der Waals surface area (Å²) in [5, 5.41) is 10.8. The molecule has 0 saturated heterocycles. The number of halogens is 1. The molecule has 172 valence electrons. The Bertz CT molecular complexity index is 1300. The minimum atomic E-state index is -0.524. The molecule has 7 heteroatoms. The van der Waals surface area contributed by atoms with Gasteiger partial charge in [-0.3, -0.25) is 9.36 Å². The summed E-state index contributed by atoms with van der Waals surface area (Å²) in [4.78, 5) is 29.7. The standard InChI is InChI=1S/C27H23ClN2O4/c1-18(25(32)26-29-15-16-30(26)22-5-3-2-4-6-22)7-8-20-17-23(13-14-24(20)31)34-27(33)19-9-11-21(28)12-10-19/h2-6,9-18,31H,7-8H2,1H3. The van der Waals surface area contributed by atoms with Crippen molar-refractivity contribution in [3.63, 3.8) is 0 Å². The van der Waals surface area contributed by atoms with Crippen molar-refractivity contribution in [1.29, 1.82) is 0 Å². The molecule has 4 aromatic rings. The van der Waals surface area contributed by atoms with E-state index < -0.39 is 5.97 Å². The van der Waals surface area contributed by atoms with E-state index >= 15 is 0 Å². The normalized spacial score (nSPS) is 11.7. The molecule has 1 unspecified atom stereocenters. The van der Waals surface area contributed by atoms with Crippen LogP contribution in [0.4, 0.5) is 0 Å². The first-order chi connectivity index (χ1) is 16.4. The van der Waals surface area contributed by atoms with Crippen LogP contribution >= 0.6 is 11.6 Å². The van der Waals surface area contributed by atoms with Gasteiger partial charge in [0.25, 0.3) is 0 Å². The van der Waals surface area contributed by atoms with Crippen molar-refractivity contribution < 1.29 is 19.4 Å². The molecule has 1 heterocycles. The smallest absolute Gasteiger partial charge is 0.343 e. The van der Waals surface area contributed by atoms with Crippen LogP contribution in [0.25, 0.3) is 5.69 Å². The van der Waals surface area contributed by atoms with Gasteiger partial charge in [0.05, 0.1) is 5.56 Å². The van der Waals surface area contributed by atoms with Crippen LogP contribution in [0.1, 0.15) is 39.9 Å². The van der Waals surface area contributed by atoms with E-state index in [1.807, 2.05) is 37.3 Å². The maximum atomic E-state index is 13.1. The fourth-order valence-electron chi connectivity index (χ4n) is 3.58. The number of ketones is 1. The van der Waals surface area contributed by atoms with Gasteiger partial charge in [-0.15, -0.1) is 0 Å².